The van der Waals surface area contributed by atoms with Crippen molar-refractivity contribution < 1.29 is 14.1 Å². The first-order valence-corrected chi connectivity index (χ1v) is 11.0. The number of hydrogen-bond donors (Lipinski definition) is 2. The molecule has 7 nitrogen and oxygen atoms in total. The normalized spacial score (nSPS) is 16.3. The van der Waals surface area contributed by atoms with Gasteiger partial charge in [-0.2, -0.15) is 0 Å². The fourth-order valence-corrected chi connectivity index (χ4v) is 4.09. The van der Waals surface area contributed by atoms with Crippen LogP contribution in [0.5, 0.6) is 0 Å². The van der Waals surface area contributed by atoms with Crippen LogP contribution in [0, 0.1) is 6.92 Å². The molecule has 1 aliphatic heterocycles. The van der Waals surface area contributed by atoms with E-state index in [4.69, 9.17) is 4.52 Å². The van der Waals surface area contributed by atoms with Gasteiger partial charge in [0, 0.05) is 12.6 Å². The van der Waals surface area contributed by atoms with E-state index < -0.39 is 0 Å². The molecule has 0 spiro atoms. The maximum Gasteiger partial charge on any atom is 0.238 e. The Kier molecular flexibility index (Phi) is 7.71. The second-order valence-corrected chi connectivity index (χ2v) is 8.57. The molecule has 1 aliphatic rings. The van der Waals surface area contributed by atoms with Crippen molar-refractivity contribution in [1.29, 1.82) is 0 Å². The van der Waals surface area contributed by atoms with Gasteiger partial charge < -0.3 is 15.2 Å². The van der Waals surface area contributed by atoms with Gasteiger partial charge in [-0.1, -0.05) is 35.5 Å². The summed E-state index contributed by atoms with van der Waals surface area (Å²) in [6.07, 6.45) is 2.40. The number of hydrogen-bond acceptors (Lipinski definition) is 6. The molecule has 2 N–H and O–H groups in total. The number of likely N-dealkylation sites (tertiary alicyclic amines) is 1. The summed E-state index contributed by atoms with van der Waals surface area (Å²) in [5.41, 5.74) is 1.22. The summed E-state index contributed by atoms with van der Waals surface area (Å²) in [6, 6.07) is 12.1. The van der Waals surface area contributed by atoms with Crippen LogP contribution in [0.15, 0.2) is 40.9 Å². The van der Waals surface area contributed by atoms with Crippen LogP contribution < -0.4 is 10.6 Å². The van der Waals surface area contributed by atoms with Crippen molar-refractivity contribution in [3.8, 4) is 0 Å². The number of nitrogens with one attached hydrogen (secondary N) is 2. The van der Waals surface area contributed by atoms with Crippen molar-refractivity contribution in [3.05, 3.63) is 47.7 Å². The summed E-state index contributed by atoms with van der Waals surface area (Å²) in [4.78, 5) is 27.0. The predicted molar refractivity (Wildman–Crippen MR) is 115 cm³/mol. The van der Waals surface area contributed by atoms with Crippen LogP contribution in [0.25, 0.3) is 0 Å². The van der Waals surface area contributed by atoms with Crippen molar-refractivity contribution in [2.45, 2.75) is 38.0 Å². The van der Waals surface area contributed by atoms with Crippen molar-refractivity contribution in [1.82, 2.24) is 15.4 Å². The molecule has 156 valence electrons. The zero-order chi connectivity index (χ0) is 20.6. The minimum absolute atomic E-state index is 0.0629. The second kappa shape index (κ2) is 10.5. The van der Waals surface area contributed by atoms with Crippen molar-refractivity contribution in [2.24, 2.45) is 0 Å². The molecule has 1 aromatic heterocycles. The van der Waals surface area contributed by atoms with Gasteiger partial charge in [0.1, 0.15) is 5.76 Å². The van der Waals surface area contributed by atoms with Gasteiger partial charge in [-0.25, -0.2) is 0 Å². The second-order valence-electron chi connectivity index (χ2n) is 7.24. The standard InChI is InChI=1S/C21H28N4O3S/c1-15-12-19(24-28-15)23-21(27)16(2)29-14-20(26)22-13-18(25-10-6-7-11-25)17-8-4-3-5-9-17/h3-5,8-9,12,16,18H,6-7,10-11,13-14H2,1-2H3,(H,22,26)(H,23,24,27). The van der Waals surface area contributed by atoms with Gasteiger partial charge in [0.25, 0.3) is 0 Å². The molecule has 0 bridgehead atoms. The summed E-state index contributed by atoms with van der Waals surface area (Å²) < 4.78 is 4.94. The van der Waals surface area contributed by atoms with E-state index in [0.717, 1.165) is 13.1 Å². The Bertz CT molecular complexity index is 805. The molecule has 29 heavy (non-hydrogen) atoms. The molecule has 1 saturated heterocycles. The van der Waals surface area contributed by atoms with Crippen LogP contribution in [-0.4, -0.2) is 52.5 Å². The molecule has 3 rings (SSSR count). The van der Waals surface area contributed by atoms with E-state index in [2.05, 4.69) is 32.8 Å². The van der Waals surface area contributed by atoms with Gasteiger partial charge in [0.05, 0.1) is 17.0 Å². The highest BCUT2D eigenvalue weighted by Crippen LogP contribution is 2.24. The Morgan fingerprint density at radius 3 is 2.62 bits per heavy atom. The smallest absolute Gasteiger partial charge is 0.238 e. The number of amides is 2. The summed E-state index contributed by atoms with van der Waals surface area (Å²) in [5, 5.41) is 9.11. The molecule has 2 unspecified atom stereocenters. The van der Waals surface area contributed by atoms with Crippen LogP contribution in [0.2, 0.25) is 0 Å². The molecular weight excluding hydrogens is 388 g/mol. The van der Waals surface area contributed by atoms with Crippen LogP contribution in [0.4, 0.5) is 5.82 Å². The number of nitrogens with zero attached hydrogens (tertiary/aromatic N) is 2. The first-order valence-electron chi connectivity index (χ1n) is 9.94. The minimum Gasteiger partial charge on any atom is -0.360 e. The average Bonchev–Trinajstić information content (AvgIpc) is 3.39. The largest absolute Gasteiger partial charge is 0.360 e. The summed E-state index contributed by atoms with van der Waals surface area (Å²) >= 11 is 1.30. The lowest BCUT2D eigenvalue weighted by Gasteiger charge is -2.28. The number of thioether (sulfide) groups is 1. The molecule has 0 aliphatic carbocycles. The van der Waals surface area contributed by atoms with E-state index in [1.165, 1.54) is 30.2 Å². The molecule has 2 heterocycles. The average molecular weight is 417 g/mol. The van der Waals surface area contributed by atoms with E-state index in [1.807, 2.05) is 18.2 Å². The molecule has 2 amide bonds. The Morgan fingerprint density at radius 1 is 1.24 bits per heavy atom. The number of aryl methyl sites for hydroxylation is 1. The van der Waals surface area contributed by atoms with Crippen molar-refractivity contribution in [2.75, 3.05) is 30.7 Å². The number of aromatic nitrogens is 1. The Balaban J connectivity index is 1.45. The van der Waals surface area contributed by atoms with E-state index in [-0.39, 0.29) is 28.9 Å². The van der Waals surface area contributed by atoms with Crippen LogP contribution in [0.1, 0.15) is 37.1 Å². The van der Waals surface area contributed by atoms with Gasteiger partial charge in [0.15, 0.2) is 5.82 Å². The highest BCUT2D eigenvalue weighted by molar-refractivity contribution is 8.01. The number of anilines is 1. The van der Waals surface area contributed by atoms with Crippen LogP contribution in [0.3, 0.4) is 0 Å². The summed E-state index contributed by atoms with van der Waals surface area (Å²) in [6.45, 7) is 6.22. The molecule has 0 radical (unpaired) electrons. The van der Waals surface area contributed by atoms with Gasteiger partial charge in [-0.15, -0.1) is 11.8 Å². The van der Waals surface area contributed by atoms with Gasteiger partial charge in [-0.3, -0.25) is 14.5 Å². The monoisotopic (exact) mass is 416 g/mol. The highest BCUT2D eigenvalue weighted by Gasteiger charge is 2.24. The fraction of sp³-hybridized carbons (Fsp3) is 0.476. The highest BCUT2D eigenvalue weighted by atomic mass is 32.2. The number of benzene rings is 1. The minimum atomic E-state index is -0.374. The van der Waals surface area contributed by atoms with Gasteiger partial charge >= 0.3 is 0 Å². The molecule has 8 heteroatoms. The molecule has 0 saturated carbocycles. The van der Waals surface area contributed by atoms with E-state index in [0.29, 0.717) is 18.1 Å². The zero-order valence-electron chi connectivity index (χ0n) is 16.9. The Labute approximate surface area is 175 Å². The lowest BCUT2D eigenvalue weighted by Crippen LogP contribution is -2.37. The van der Waals surface area contributed by atoms with Crippen LogP contribution >= 0.6 is 11.8 Å². The molecule has 2 atom stereocenters. The third kappa shape index (κ3) is 6.33. The van der Waals surface area contributed by atoms with Crippen LogP contribution in [-0.2, 0) is 9.59 Å². The third-order valence-electron chi connectivity index (χ3n) is 4.97. The first-order chi connectivity index (χ1) is 14.0. The Morgan fingerprint density at radius 2 is 1.97 bits per heavy atom. The lowest BCUT2D eigenvalue weighted by atomic mass is 10.1. The first kappa shape index (κ1) is 21.4. The topological polar surface area (TPSA) is 87.5 Å². The van der Waals surface area contributed by atoms with Crippen molar-refractivity contribution >= 4 is 29.4 Å². The van der Waals surface area contributed by atoms with Gasteiger partial charge in [-0.05, 0) is 45.3 Å². The fourth-order valence-electron chi connectivity index (χ4n) is 3.38. The number of rotatable bonds is 9. The quantitative estimate of drug-likeness (QED) is 0.653. The summed E-state index contributed by atoms with van der Waals surface area (Å²) in [7, 11) is 0. The summed E-state index contributed by atoms with van der Waals surface area (Å²) in [5.74, 6) is 0.988. The maximum absolute atomic E-state index is 12.4. The maximum atomic E-state index is 12.4. The third-order valence-corrected chi connectivity index (χ3v) is 6.11. The molecular formula is C21H28N4O3S. The predicted octanol–water partition coefficient (Wildman–Crippen LogP) is 3.00. The molecule has 2 aromatic rings. The Hall–Kier alpha value is -2.32. The van der Waals surface area contributed by atoms with Gasteiger partial charge in [0.2, 0.25) is 11.8 Å². The SMILES string of the molecule is Cc1cc(NC(=O)C(C)SCC(=O)NCC(c2ccccc2)N2CCCC2)no1. The van der Waals surface area contributed by atoms with E-state index in [9.17, 15) is 9.59 Å². The number of carbonyl (C=O) groups excluding carboxylic acids is 2. The lowest BCUT2D eigenvalue weighted by molar-refractivity contribution is -0.118. The molecule has 1 aromatic carbocycles. The van der Waals surface area contributed by atoms with Crippen molar-refractivity contribution in [3.63, 3.8) is 0 Å². The zero-order valence-corrected chi connectivity index (χ0v) is 17.7. The van der Waals surface area contributed by atoms with E-state index in [1.54, 1.807) is 19.9 Å². The van der Waals surface area contributed by atoms with E-state index >= 15 is 0 Å². The molecule has 1 fully saturated rings. The number of carbonyl (C=O) groups is 2.